The van der Waals surface area contributed by atoms with Crippen molar-refractivity contribution in [2.24, 2.45) is 0 Å². The van der Waals surface area contributed by atoms with Gasteiger partial charge in [-0.05, 0) is 30.5 Å². The van der Waals surface area contributed by atoms with Gasteiger partial charge in [0.15, 0.2) is 0 Å². The summed E-state index contributed by atoms with van der Waals surface area (Å²) in [5.41, 5.74) is 3.32. The normalized spacial score (nSPS) is 12.4. The van der Waals surface area contributed by atoms with E-state index in [9.17, 15) is 9.59 Å². The van der Waals surface area contributed by atoms with E-state index < -0.39 is 0 Å². The van der Waals surface area contributed by atoms with Crippen molar-refractivity contribution < 1.29 is 9.59 Å². The summed E-state index contributed by atoms with van der Waals surface area (Å²) in [4.78, 5) is 23.8. The summed E-state index contributed by atoms with van der Waals surface area (Å²) in [5.74, 6) is -0.306. The van der Waals surface area contributed by atoms with Crippen LogP contribution < -0.4 is 16.0 Å². The van der Waals surface area contributed by atoms with Gasteiger partial charge in [0.25, 0.3) is 5.91 Å². The molecule has 1 aliphatic rings. The van der Waals surface area contributed by atoms with E-state index in [2.05, 4.69) is 21.0 Å². The second-order valence-electron chi connectivity index (χ2n) is 5.42. The molecule has 2 amide bonds. The smallest absolute Gasteiger partial charge is 0.256 e. The number of carbonyl (C=O) groups is 2. The van der Waals surface area contributed by atoms with Crippen LogP contribution in [0.5, 0.6) is 0 Å². The number of carbonyl (C=O) groups excluding carboxylic acids is 2. The molecule has 2 aromatic rings. The maximum atomic E-state index is 12.5. The molecular weight excluding hydrogens is 330 g/mol. The van der Waals surface area contributed by atoms with E-state index in [-0.39, 0.29) is 30.8 Å². The Labute approximate surface area is 146 Å². The molecule has 1 aromatic carbocycles. The minimum Gasteiger partial charge on any atom is -0.385 e. The highest BCUT2D eigenvalue weighted by Crippen LogP contribution is 2.25. The molecule has 0 saturated carbocycles. The van der Waals surface area contributed by atoms with Gasteiger partial charge in [-0.3, -0.25) is 14.3 Å². The molecule has 0 unspecified atom stereocenters. The van der Waals surface area contributed by atoms with Gasteiger partial charge in [0, 0.05) is 31.0 Å². The molecule has 1 aliphatic heterocycles. The van der Waals surface area contributed by atoms with Gasteiger partial charge < -0.3 is 16.0 Å². The van der Waals surface area contributed by atoms with Crippen LogP contribution in [-0.2, 0) is 17.8 Å². The van der Waals surface area contributed by atoms with Crippen LogP contribution in [-0.4, -0.2) is 35.2 Å². The molecule has 7 nitrogen and oxygen atoms in total. The van der Waals surface area contributed by atoms with Crippen molar-refractivity contribution in [2.75, 3.05) is 24.2 Å². The average molecular weight is 350 g/mol. The van der Waals surface area contributed by atoms with Crippen LogP contribution in [0.2, 0.25) is 0 Å². The number of rotatable bonds is 4. The van der Waals surface area contributed by atoms with Gasteiger partial charge in [-0.1, -0.05) is 6.07 Å². The van der Waals surface area contributed by atoms with Crippen LogP contribution in [0, 0.1) is 0 Å². The fraction of sp³-hybridized carbons (Fsp3) is 0.312. The van der Waals surface area contributed by atoms with E-state index >= 15 is 0 Å². The number of halogens is 1. The van der Waals surface area contributed by atoms with Crippen molar-refractivity contribution >= 4 is 35.6 Å². The Morgan fingerprint density at radius 2 is 2.21 bits per heavy atom. The molecule has 128 valence electrons. The molecule has 0 radical (unpaired) electrons. The first kappa shape index (κ1) is 17.8. The monoisotopic (exact) mass is 349 g/mol. The summed E-state index contributed by atoms with van der Waals surface area (Å²) in [6.45, 7) is 1.06. The molecule has 24 heavy (non-hydrogen) atoms. The first-order chi connectivity index (χ1) is 11.2. The molecule has 2 heterocycles. The number of nitrogens with one attached hydrogen (secondary N) is 3. The van der Waals surface area contributed by atoms with Crippen molar-refractivity contribution in [3.8, 4) is 0 Å². The number of benzene rings is 1. The largest absolute Gasteiger partial charge is 0.385 e. The van der Waals surface area contributed by atoms with E-state index in [1.54, 1.807) is 13.2 Å². The lowest BCUT2D eigenvalue weighted by Gasteiger charge is -2.20. The first-order valence-electron chi connectivity index (χ1n) is 7.57. The standard InChI is InChI=1S/C16H19N5O2.ClH/c1-17-15(22)10-21-9-11(8-19-21)20-16(23)13-4-2-6-14-12(13)5-3-7-18-14;/h2,4,6,8-9,18H,3,5,7,10H2,1H3,(H,17,22)(H,20,23);1H. The van der Waals surface area contributed by atoms with Gasteiger partial charge >= 0.3 is 0 Å². The number of hydrogen-bond donors (Lipinski definition) is 3. The summed E-state index contributed by atoms with van der Waals surface area (Å²) < 4.78 is 1.48. The van der Waals surface area contributed by atoms with Crippen molar-refractivity contribution in [3.05, 3.63) is 41.7 Å². The summed E-state index contributed by atoms with van der Waals surface area (Å²) in [7, 11) is 1.57. The summed E-state index contributed by atoms with van der Waals surface area (Å²) in [5, 5.41) is 12.7. The highest BCUT2D eigenvalue weighted by atomic mass is 35.5. The van der Waals surface area contributed by atoms with Crippen LogP contribution >= 0.6 is 12.4 Å². The van der Waals surface area contributed by atoms with E-state index in [4.69, 9.17) is 0 Å². The predicted octanol–water partition coefficient (Wildman–Crippen LogP) is 1.66. The summed E-state index contributed by atoms with van der Waals surface area (Å²) in [6.07, 6.45) is 5.08. The minimum atomic E-state index is -0.162. The van der Waals surface area contributed by atoms with Gasteiger partial charge in [0.05, 0.1) is 11.9 Å². The second-order valence-corrected chi connectivity index (χ2v) is 5.42. The second kappa shape index (κ2) is 7.83. The summed E-state index contributed by atoms with van der Waals surface area (Å²) in [6, 6.07) is 5.70. The lowest BCUT2D eigenvalue weighted by Crippen LogP contribution is -2.23. The molecule has 0 atom stereocenters. The maximum absolute atomic E-state index is 12.5. The maximum Gasteiger partial charge on any atom is 0.256 e. The van der Waals surface area contributed by atoms with Gasteiger partial charge in [-0.25, -0.2) is 0 Å². The zero-order chi connectivity index (χ0) is 16.2. The van der Waals surface area contributed by atoms with Gasteiger partial charge in [0.2, 0.25) is 5.91 Å². The molecule has 3 rings (SSSR count). The molecule has 8 heteroatoms. The third kappa shape index (κ3) is 3.86. The Morgan fingerprint density at radius 1 is 1.38 bits per heavy atom. The van der Waals surface area contributed by atoms with Crippen molar-refractivity contribution in [2.45, 2.75) is 19.4 Å². The Bertz CT molecular complexity index is 744. The van der Waals surface area contributed by atoms with Gasteiger partial charge in [-0.2, -0.15) is 5.10 Å². The number of amides is 2. The van der Waals surface area contributed by atoms with Crippen LogP contribution in [0.3, 0.4) is 0 Å². The predicted molar refractivity (Wildman–Crippen MR) is 94.7 cm³/mol. The van der Waals surface area contributed by atoms with Gasteiger partial charge in [0.1, 0.15) is 6.54 Å². The number of likely N-dealkylation sites (N-methyl/N-ethyl adjacent to an activating group) is 1. The SMILES string of the molecule is CNC(=O)Cn1cc(NC(=O)c2cccc3c2CCCN3)cn1.Cl. The van der Waals surface area contributed by atoms with E-state index in [0.29, 0.717) is 11.3 Å². The average Bonchev–Trinajstić information content (AvgIpc) is 3.01. The number of fused-ring (bicyclic) bond motifs is 1. The van der Waals surface area contributed by atoms with E-state index in [1.807, 2.05) is 18.2 Å². The van der Waals surface area contributed by atoms with Crippen molar-refractivity contribution in [3.63, 3.8) is 0 Å². The molecule has 0 saturated heterocycles. The number of aromatic nitrogens is 2. The molecule has 3 N–H and O–H groups in total. The third-order valence-electron chi connectivity index (χ3n) is 3.82. The minimum absolute atomic E-state index is 0. The summed E-state index contributed by atoms with van der Waals surface area (Å²) >= 11 is 0. The first-order valence-corrected chi connectivity index (χ1v) is 7.57. The van der Waals surface area contributed by atoms with Gasteiger partial charge in [-0.15, -0.1) is 12.4 Å². The van der Waals surface area contributed by atoms with Crippen LogP contribution in [0.15, 0.2) is 30.6 Å². The Morgan fingerprint density at radius 3 is 3.00 bits per heavy atom. The Balaban J connectivity index is 0.00000208. The molecule has 1 aromatic heterocycles. The fourth-order valence-electron chi connectivity index (χ4n) is 2.66. The van der Waals surface area contributed by atoms with Crippen molar-refractivity contribution in [1.29, 1.82) is 0 Å². The zero-order valence-electron chi connectivity index (χ0n) is 13.3. The molecule has 0 spiro atoms. The lowest BCUT2D eigenvalue weighted by molar-refractivity contribution is -0.121. The zero-order valence-corrected chi connectivity index (χ0v) is 14.2. The van der Waals surface area contributed by atoms with Crippen LogP contribution in [0.1, 0.15) is 22.3 Å². The quantitative estimate of drug-likeness (QED) is 0.783. The number of hydrogen-bond acceptors (Lipinski definition) is 4. The number of anilines is 2. The molecule has 0 aliphatic carbocycles. The molecular formula is C16H20ClN5O2. The van der Waals surface area contributed by atoms with Crippen molar-refractivity contribution in [1.82, 2.24) is 15.1 Å². The highest BCUT2D eigenvalue weighted by Gasteiger charge is 2.17. The number of nitrogens with zero attached hydrogens (tertiary/aromatic N) is 2. The van der Waals surface area contributed by atoms with E-state index in [1.165, 1.54) is 10.9 Å². The van der Waals surface area contributed by atoms with E-state index in [0.717, 1.165) is 30.6 Å². The highest BCUT2D eigenvalue weighted by molar-refractivity contribution is 6.06. The Hall–Kier alpha value is -2.54. The fourth-order valence-corrected chi connectivity index (χ4v) is 2.66. The third-order valence-corrected chi connectivity index (χ3v) is 3.82. The topological polar surface area (TPSA) is 88.0 Å². The van der Waals surface area contributed by atoms with Crippen LogP contribution in [0.4, 0.5) is 11.4 Å². The van der Waals surface area contributed by atoms with Crippen LogP contribution in [0.25, 0.3) is 0 Å². The molecule has 0 bridgehead atoms. The Kier molecular flexibility index (Phi) is 5.81. The lowest BCUT2D eigenvalue weighted by atomic mass is 9.97. The molecule has 0 fully saturated rings.